The predicted molar refractivity (Wildman–Crippen MR) is 69.2 cm³/mol. The molecule has 0 unspecified atom stereocenters. The minimum absolute atomic E-state index is 0.102. The number of β-lactam (4-membered cyclic amide) rings is 1. The van der Waals surface area contributed by atoms with Gasteiger partial charge in [-0.3, -0.25) is 14.5 Å². The fourth-order valence-electron chi connectivity index (χ4n) is 2.00. The van der Waals surface area contributed by atoms with Crippen LogP contribution in [0.3, 0.4) is 0 Å². The summed E-state index contributed by atoms with van der Waals surface area (Å²) in [5, 5.41) is 0.221. The molecule has 2 heterocycles. The molecule has 0 aromatic rings. The number of hydrogen-bond donors (Lipinski definition) is 0. The van der Waals surface area contributed by atoms with Gasteiger partial charge in [0.05, 0.1) is 29.9 Å². The van der Waals surface area contributed by atoms with Crippen molar-refractivity contribution in [2.45, 2.75) is 18.7 Å². The van der Waals surface area contributed by atoms with Gasteiger partial charge in [0.15, 0.2) is 0 Å². The average Bonchev–Trinajstić information content (AvgIpc) is 2.35. The van der Waals surface area contributed by atoms with Gasteiger partial charge in [-0.25, -0.2) is 0 Å². The molecule has 1 amide bonds. The summed E-state index contributed by atoms with van der Waals surface area (Å²) in [7, 11) is 1.59. The molecule has 0 aliphatic carbocycles. The summed E-state index contributed by atoms with van der Waals surface area (Å²) in [5.74, 6) is 1.23. The van der Waals surface area contributed by atoms with Crippen LogP contribution in [0.2, 0.25) is 0 Å². The lowest BCUT2D eigenvalue weighted by Gasteiger charge is -2.44. The second-order valence-electron chi connectivity index (χ2n) is 4.22. The van der Waals surface area contributed by atoms with Gasteiger partial charge >= 0.3 is 5.97 Å². The van der Waals surface area contributed by atoms with Gasteiger partial charge in [0.2, 0.25) is 5.91 Å². The van der Waals surface area contributed by atoms with Crippen LogP contribution in [0, 0.1) is 0 Å². The SMILES string of the molecule is COCC1=C(OCCOC(C)=O)CS[C@@H]2CC(=O)N12. The van der Waals surface area contributed by atoms with E-state index in [0.717, 1.165) is 11.5 Å². The molecule has 1 saturated heterocycles. The highest BCUT2D eigenvalue weighted by Gasteiger charge is 2.43. The van der Waals surface area contributed by atoms with E-state index in [9.17, 15) is 9.59 Å². The lowest BCUT2D eigenvalue weighted by molar-refractivity contribution is -0.142. The molecule has 2 aliphatic rings. The van der Waals surface area contributed by atoms with Gasteiger partial charge in [0.25, 0.3) is 0 Å². The Morgan fingerprint density at radius 1 is 1.47 bits per heavy atom. The molecule has 0 saturated carbocycles. The Bertz CT molecular complexity index is 409. The van der Waals surface area contributed by atoms with Gasteiger partial charge in [-0.15, -0.1) is 11.8 Å². The van der Waals surface area contributed by atoms with Crippen molar-refractivity contribution in [1.82, 2.24) is 4.90 Å². The van der Waals surface area contributed by atoms with Gasteiger partial charge in [-0.2, -0.15) is 0 Å². The minimum atomic E-state index is -0.328. The molecule has 7 heteroatoms. The summed E-state index contributed by atoms with van der Waals surface area (Å²) in [4.78, 5) is 24.0. The maximum atomic E-state index is 11.6. The van der Waals surface area contributed by atoms with Crippen molar-refractivity contribution in [2.75, 3.05) is 32.7 Å². The molecule has 19 heavy (non-hydrogen) atoms. The highest BCUT2D eigenvalue weighted by molar-refractivity contribution is 8.00. The molecule has 1 fully saturated rings. The van der Waals surface area contributed by atoms with Crippen molar-refractivity contribution in [3.63, 3.8) is 0 Å². The highest BCUT2D eigenvalue weighted by Crippen LogP contribution is 2.39. The number of esters is 1. The summed E-state index contributed by atoms with van der Waals surface area (Å²) in [6.07, 6.45) is 0.582. The molecule has 6 nitrogen and oxygen atoms in total. The first-order valence-corrected chi connectivity index (χ1v) is 7.09. The van der Waals surface area contributed by atoms with E-state index in [1.54, 1.807) is 23.8 Å². The Labute approximate surface area is 116 Å². The monoisotopic (exact) mass is 287 g/mol. The van der Waals surface area contributed by atoms with Crippen molar-refractivity contribution >= 4 is 23.6 Å². The Balaban J connectivity index is 1.96. The first-order chi connectivity index (χ1) is 9.13. The number of amides is 1. The molecule has 0 aromatic carbocycles. The number of rotatable bonds is 6. The lowest BCUT2D eigenvalue weighted by atomic mass is 10.1. The summed E-state index contributed by atoms with van der Waals surface area (Å²) in [6, 6.07) is 0. The number of carbonyl (C=O) groups excluding carboxylic acids is 2. The number of carbonyl (C=O) groups is 2. The van der Waals surface area contributed by atoms with E-state index in [-0.39, 0.29) is 30.5 Å². The van der Waals surface area contributed by atoms with Crippen molar-refractivity contribution in [1.29, 1.82) is 0 Å². The zero-order chi connectivity index (χ0) is 13.8. The van der Waals surface area contributed by atoms with Gasteiger partial charge < -0.3 is 14.2 Å². The molecule has 0 aromatic heterocycles. The molecule has 2 aliphatic heterocycles. The topological polar surface area (TPSA) is 65.1 Å². The average molecular weight is 287 g/mol. The van der Waals surface area contributed by atoms with E-state index in [1.807, 2.05) is 0 Å². The van der Waals surface area contributed by atoms with Crippen LogP contribution in [0.5, 0.6) is 0 Å². The fourth-order valence-corrected chi connectivity index (χ4v) is 3.24. The van der Waals surface area contributed by atoms with Crippen LogP contribution in [-0.2, 0) is 23.8 Å². The van der Waals surface area contributed by atoms with E-state index in [1.165, 1.54) is 6.92 Å². The Hall–Kier alpha value is -1.21. The van der Waals surface area contributed by atoms with Crippen LogP contribution in [0.4, 0.5) is 0 Å². The van der Waals surface area contributed by atoms with Crippen LogP contribution in [0.25, 0.3) is 0 Å². The summed E-state index contributed by atoms with van der Waals surface area (Å²) >= 11 is 1.68. The van der Waals surface area contributed by atoms with E-state index < -0.39 is 0 Å². The largest absolute Gasteiger partial charge is 0.492 e. The second kappa shape index (κ2) is 6.29. The first kappa shape index (κ1) is 14.2. The smallest absolute Gasteiger partial charge is 0.302 e. The second-order valence-corrected chi connectivity index (χ2v) is 5.39. The van der Waals surface area contributed by atoms with Gasteiger partial charge in [0, 0.05) is 14.0 Å². The van der Waals surface area contributed by atoms with E-state index >= 15 is 0 Å². The third-order valence-electron chi connectivity index (χ3n) is 2.87. The van der Waals surface area contributed by atoms with Gasteiger partial charge in [-0.1, -0.05) is 0 Å². The number of fused-ring (bicyclic) bond motifs is 1. The standard InChI is InChI=1S/C12H17NO5S/c1-8(14)17-3-4-18-10-7-19-12-5-11(15)13(12)9(10)6-16-2/h12H,3-7H2,1-2H3/t12-/m1/s1. The van der Waals surface area contributed by atoms with E-state index in [4.69, 9.17) is 14.2 Å². The van der Waals surface area contributed by atoms with Crippen LogP contribution in [0.15, 0.2) is 11.5 Å². The van der Waals surface area contributed by atoms with Crippen LogP contribution in [-0.4, -0.2) is 54.8 Å². The first-order valence-electron chi connectivity index (χ1n) is 6.04. The van der Waals surface area contributed by atoms with Crippen molar-refractivity contribution < 1.29 is 23.8 Å². The third kappa shape index (κ3) is 3.22. The normalized spacial score (nSPS) is 21.9. The maximum absolute atomic E-state index is 11.6. The lowest BCUT2D eigenvalue weighted by Crippen LogP contribution is -2.53. The van der Waals surface area contributed by atoms with Crippen LogP contribution >= 0.6 is 11.8 Å². The number of ether oxygens (including phenoxy) is 3. The highest BCUT2D eigenvalue weighted by atomic mass is 32.2. The number of thioether (sulfide) groups is 1. The molecule has 0 bridgehead atoms. The molecular formula is C12H17NO5S. The van der Waals surface area contributed by atoms with Crippen LogP contribution < -0.4 is 0 Å². The summed E-state index contributed by atoms with van der Waals surface area (Å²) in [6.45, 7) is 2.21. The zero-order valence-electron chi connectivity index (χ0n) is 11.0. The molecule has 0 spiro atoms. The molecular weight excluding hydrogens is 270 g/mol. The Morgan fingerprint density at radius 3 is 2.89 bits per heavy atom. The summed E-state index contributed by atoms with van der Waals surface area (Å²) < 4.78 is 15.5. The Morgan fingerprint density at radius 2 is 2.26 bits per heavy atom. The molecule has 0 radical (unpaired) electrons. The van der Waals surface area contributed by atoms with Crippen LogP contribution in [0.1, 0.15) is 13.3 Å². The number of hydrogen-bond acceptors (Lipinski definition) is 6. The molecule has 1 atom stereocenters. The summed E-state index contributed by atoms with van der Waals surface area (Å²) in [5.41, 5.74) is 0.797. The quantitative estimate of drug-likeness (QED) is 0.408. The van der Waals surface area contributed by atoms with E-state index in [0.29, 0.717) is 18.8 Å². The zero-order valence-corrected chi connectivity index (χ0v) is 11.8. The van der Waals surface area contributed by atoms with Gasteiger partial charge in [-0.05, 0) is 0 Å². The van der Waals surface area contributed by atoms with Crippen molar-refractivity contribution in [3.05, 3.63) is 11.5 Å². The van der Waals surface area contributed by atoms with Crippen molar-refractivity contribution in [3.8, 4) is 0 Å². The van der Waals surface area contributed by atoms with Gasteiger partial charge in [0.1, 0.15) is 19.0 Å². The predicted octanol–water partition coefficient (Wildman–Crippen LogP) is 0.729. The third-order valence-corrected chi connectivity index (χ3v) is 4.06. The Kier molecular flexibility index (Phi) is 4.71. The fraction of sp³-hybridized carbons (Fsp3) is 0.667. The number of methoxy groups -OCH3 is 1. The molecule has 106 valence electrons. The maximum Gasteiger partial charge on any atom is 0.302 e. The molecule has 0 N–H and O–H groups in total. The van der Waals surface area contributed by atoms with Crippen molar-refractivity contribution in [2.24, 2.45) is 0 Å². The minimum Gasteiger partial charge on any atom is -0.492 e. The molecule has 2 rings (SSSR count). The number of nitrogens with zero attached hydrogens (tertiary/aromatic N) is 1. The van der Waals surface area contributed by atoms with E-state index in [2.05, 4.69) is 0 Å².